The topological polar surface area (TPSA) is 100 Å². The highest BCUT2D eigenvalue weighted by molar-refractivity contribution is 7.18. The second kappa shape index (κ2) is 6.93. The molecular weight excluding hydrogens is 360 g/mol. The molecule has 0 atom stereocenters. The Bertz CT molecular complexity index is 1000. The number of carbonyl (C=O) groups is 1. The maximum absolute atomic E-state index is 11.9. The van der Waals surface area contributed by atoms with Crippen LogP contribution in [0.1, 0.15) is 28.4 Å². The third-order valence-corrected chi connectivity index (χ3v) is 5.96. The average Bonchev–Trinajstić information content (AvgIpc) is 3.03. The van der Waals surface area contributed by atoms with Crippen molar-refractivity contribution in [1.29, 1.82) is 0 Å². The van der Waals surface area contributed by atoms with Crippen LogP contribution in [-0.2, 0) is 22.7 Å². The Labute approximate surface area is 152 Å². The normalized spacial score (nSPS) is 11.2. The molecule has 25 heavy (non-hydrogen) atoms. The zero-order valence-electron chi connectivity index (χ0n) is 14.2. The van der Waals surface area contributed by atoms with Crippen LogP contribution >= 0.6 is 22.7 Å². The van der Waals surface area contributed by atoms with Crippen molar-refractivity contribution in [3.8, 4) is 0 Å². The highest BCUT2D eigenvalue weighted by Gasteiger charge is 2.14. The van der Waals surface area contributed by atoms with Crippen molar-refractivity contribution in [2.24, 2.45) is 0 Å². The van der Waals surface area contributed by atoms with Crippen LogP contribution in [0.15, 0.2) is 10.2 Å². The predicted octanol–water partition coefficient (Wildman–Crippen LogP) is 2.56. The van der Waals surface area contributed by atoms with E-state index in [1.807, 2.05) is 20.8 Å². The molecule has 132 valence electrons. The zero-order valence-corrected chi connectivity index (χ0v) is 15.8. The van der Waals surface area contributed by atoms with Gasteiger partial charge in [-0.2, -0.15) is 0 Å². The fourth-order valence-electron chi connectivity index (χ4n) is 2.49. The van der Waals surface area contributed by atoms with Gasteiger partial charge in [-0.15, -0.1) is 11.3 Å². The lowest BCUT2D eigenvalue weighted by molar-refractivity contribution is -0.145. The molecule has 2 N–H and O–H groups in total. The Hall–Kier alpha value is -2.26. The molecule has 0 saturated carbocycles. The number of anilines is 1. The molecule has 0 bridgehead atoms. The van der Waals surface area contributed by atoms with E-state index in [4.69, 9.17) is 10.5 Å². The fraction of sp³-hybridized carbons (Fsp3) is 0.375. The van der Waals surface area contributed by atoms with E-state index < -0.39 is 5.97 Å². The molecule has 3 aromatic rings. The van der Waals surface area contributed by atoms with E-state index in [-0.39, 0.29) is 17.9 Å². The standard InChI is InChI=1S/C16H18N4O3S2/c1-8-7-24-16(22)20(8)5-4-12(21)23-6-11-18-14(17)13-9(2)10(3)25-15(13)19-11/h7H,4-6H2,1-3H3,(H2,17,18,19). The smallest absolute Gasteiger partial charge is 0.308 e. The van der Waals surface area contributed by atoms with Crippen molar-refractivity contribution in [1.82, 2.24) is 14.5 Å². The number of hydrogen-bond donors (Lipinski definition) is 1. The summed E-state index contributed by atoms with van der Waals surface area (Å²) >= 11 is 2.67. The minimum atomic E-state index is -0.404. The molecule has 3 rings (SSSR count). The summed E-state index contributed by atoms with van der Waals surface area (Å²) in [5.41, 5.74) is 7.93. The van der Waals surface area contributed by atoms with Gasteiger partial charge >= 0.3 is 10.8 Å². The van der Waals surface area contributed by atoms with Gasteiger partial charge in [-0.1, -0.05) is 11.3 Å². The fourth-order valence-corrected chi connectivity index (χ4v) is 4.30. The number of fused-ring (bicyclic) bond motifs is 1. The maximum Gasteiger partial charge on any atom is 0.308 e. The summed E-state index contributed by atoms with van der Waals surface area (Å²) in [4.78, 5) is 34.1. The molecule has 7 nitrogen and oxygen atoms in total. The van der Waals surface area contributed by atoms with Gasteiger partial charge in [-0.25, -0.2) is 9.97 Å². The summed E-state index contributed by atoms with van der Waals surface area (Å²) in [6, 6.07) is 0. The third kappa shape index (κ3) is 3.57. The molecule has 0 aliphatic rings. The molecule has 0 amide bonds. The van der Waals surface area contributed by atoms with Gasteiger partial charge in [0.25, 0.3) is 0 Å². The molecule has 0 spiro atoms. The lowest BCUT2D eigenvalue weighted by atomic mass is 10.2. The van der Waals surface area contributed by atoms with Gasteiger partial charge in [0.1, 0.15) is 10.6 Å². The number of nitrogen functional groups attached to an aromatic ring is 1. The molecular formula is C16H18N4O3S2. The minimum absolute atomic E-state index is 0.0352. The van der Waals surface area contributed by atoms with Gasteiger partial charge in [-0.05, 0) is 26.3 Å². The van der Waals surface area contributed by atoms with Crippen LogP contribution in [0.3, 0.4) is 0 Å². The average molecular weight is 378 g/mol. The van der Waals surface area contributed by atoms with E-state index >= 15 is 0 Å². The first-order valence-electron chi connectivity index (χ1n) is 7.69. The van der Waals surface area contributed by atoms with Gasteiger partial charge in [0.05, 0.1) is 11.8 Å². The highest BCUT2D eigenvalue weighted by atomic mass is 32.1. The molecule has 0 aliphatic heterocycles. The Balaban J connectivity index is 1.64. The summed E-state index contributed by atoms with van der Waals surface area (Å²) < 4.78 is 6.78. The Morgan fingerprint density at radius 2 is 2.08 bits per heavy atom. The number of ether oxygens (including phenoxy) is 1. The van der Waals surface area contributed by atoms with Crippen molar-refractivity contribution in [3.05, 3.63) is 37.0 Å². The summed E-state index contributed by atoms with van der Waals surface area (Å²) in [7, 11) is 0. The zero-order chi connectivity index (χ0) is 18.1. The monoisotopic (exact) mass is 378 g/mol. The van der Waals surface area contributed by atoms with Crippen LogP contribution in [0.5, 0.6) is 0 Å². The number of carbonyl (C=O) groups excluding carboxylic acids is 1. The minimum Gasteiger partial charge on any atom is -0.457 e. The predicted molar refractivity (Wildman–Crippen MR) is 99.0 cm³/mol. The van der Waals surface area contributed by atoms with Gasteiger partial charge in [0, 0.05) is 22.5 Å². The number of esters is 1. The number of thiophene rings is 1. The molecule has 9 heteroatoms. The first-order valence-corrected chi connectivity index (χ1v) is 9.39. The molecule has 0 unspecified atom stereocenters. The second-order valence-corrected chi connectivity index (χ2v) is 7.72. The van der Waals surface area contributed by atoms with Crippen LogP contribution in [0.4, 0.5) is 5.82 Å². The van der Waals surface area contributed by atoms with Gasteiger partial charge in [0.2, 0.25) is 0 Å². The van der Waals surface area contributed by atoms with E-state index in [0.29, 0.717) is 18.2 Å². The van der Waals surface area contributed by atoms with Crippen LogP contribution in [-0.4, -0.2) is 20.5 Å². The third-order valence-electron chi connectivity index (χ3n) is 3.98. The van der Waals surface area contributed by atoms with Crippen molar-refractivity contribution >= 4 is 44.7 Å². The molecule has 0 saturated heterocycles. The quantitative estimate of drug-likeness (QED) is 0.685. The van der Waals surface area contributed by atoms with E-state index in [1.165, 1.54) is 0 Å². The molecule has 0 aliphatic carbocycles. The summed E-state index contributed by atoms with van der Waals surface area (Å²) in [6.45, 7) is 6.10. The number of nitrogens with two attached hydrogens (primary N) is 1. The van der Waals surface area contributed by atoms with E-state index in [1.54, 1.807) is 21.3 Å². The van der Waals surface area contributed by atoms with Crippen molar-refractivity contribution in [2.45, 2.75) is 40.3 Å². The van der Waals surface area contributed by atoms with Gasteiger partial charge in [0.15, 0.2) is 12.4 Å². The first-order chi connectivity index (χ1) is 11.9. The summed E-state index contributed by atoms with van der Waals surface area (Å²) in [5, 5.41) is 2.63. The lowest BCUT2D eigenvalue weighted by Gasteiger charge is -2.06. The molecule has 3 heterocycles. The summed E-state index contributed by atoms with van der Waals surface area (Å²) in [5.74, 6) is 0.375. The molecule has 0 radical (unpaired) electrons. The van der Waals surface area contributed by atoms with Crippen LogP contribution in [0.25, 0.3) is 10.2 Å². The van der Waals surface area contributed by atoms with Gasteiger partial charge in [-0.3, -0.25) is 9.59 Å². The number of thiazole rings is 1. The second-order valence-electron chi connectivity index (χ2n) is 5.69. The van der Waals surface area contributed by atoms with Crippen molar-refractivity contribution in [3.63, 3.8) is 0 Å². The maximum atomic E-state index is 11.9. The Kier molecular flexibility index (Phi) is 4.87. The first kappa shape index (κ1) is 17.6. The number of aryl methyl sites for hydroxylation is 3. The Morgan fingerprint density at radius 1 is 1.32 bits per heavy atom. The van der Waals surface area contributed by atoms with Crippen LogP contribution in [0, 0.1) is 20.8 Å². The highest BCUT2D eigenvalue weighted by Crippen LogP contribution is 2.31. The number of rotatable bonds is 5. The van der Waals surface area contributed by atoms with Crippen molar-refractivity contribution in [2.75, 3.05) is 5.73 Å². The number of nitrogens with zero attached hydrogens (tertiary/aromatic N) is 3. The van der Waals surface area contributed by atoms with Gasteiger partial charge < -0.3 is 15.0 Å². The molecule has 0 aromatic carbocycles. The van der Waals surface area contributed by atoms with Crippen LogP contribution in [0.2, 0.25) is 0 Å². The summed E-state index contributed by atoms with van der Waals surface area (Å²) in [6.07, 6.45) is 0.117. The van der Waals surface area contributed by atoms with E-state index in [2.05, 4.69) is 9.97 Å². The van der Waals surface area contributed by atoms with E-state index in [9.17, 15) is 9.59 Å². The molecule has 3 aromatic heterocycles. The van der Waals surface area contributed by atoms with E-state index in [0.717, 1.165) is 37.7 Å². The van der Waals surface area contributed by atoms with Crippen molar-refractivity contribution < 1.29 is 9.53 Å². The van der Waals surface area contributed by atoms with Crippen LogP contribution < -0.4 is 10.6 Å². The molecule has 0 fully saturated rings. The SMILES string of the molecule is Cc1sc2nc(COC(=O)CCn3c(C)csc3=O)nc(N)c2c1C. The largest absolute Gasteiger partial charge is 0.457 e. The number of aromatic nitrogens is 3. The number of hydrogen-bond acceptors (Lipinski definition) is 8. The lowest BCUT2D eigenvalue weighted by Crippen LogP contribution is -2.18. The Morgan fingerprint density at radius 3 is 2.76 bits per heavy atom.